The summed E-state index contributed by atoms with van der Waals surface area (Å²) in [7, 11) is 0. The lowest BCUT2D eigenvalue weighted by atomic mass is 10.2. The van der Waals surface area contributed by atoms with E-state index < -0.39 is 0 Å². The van der Waals surface area contributed by atoms with Crippen LogP contribution in [0, 0.1) is 0 Å². The molecule has 0 atom stereocenters. The van der Waals surface area contributed by atoms with Crippen molar-refractivity contribution < 1.29 is 4.42 Å². The van der Waals surface area contributed by atoms with E-state index in [0.717, 1.165) is 11.3 Å². The first kappa shape index (κ1) is 17.5. The molecule has 0 amide bonds. The van der Waals surface area contributed by atoms with Crippen LogP contribution in [0.25, 0.3) is 27.8 Å². The second-order valence-corrected chi connectivity index (χ2v) is 7.56. The fourth-order valence-corrected chi connectivity index (χ4v) is 3.96. The maximum absolute atomic E-state index is 13.1. The minimum absolute atomic E-state index is 0.131. The van der Waals surface area contributed by atoms with E-state index in [4.69, 9.17) is 4.42 Å². The number of H-pyrrole nitrogens is 1. The van der Waals surface area contributed by atoms with E-state index >= 15 is 0 Å². The van der Waals surface area contributed by atoms with Gasteiger partial charge in [0.2, 0.25) is 10.3 Å². The van der Waals surface area contributed by atoms with E-state index in [2.05, 4.69) is 25.3 Å². The highest BCUT2D eigenvalue weighted by Gasteiger charge is 2.20. The van der Waals surface area contributed by atoms with Crippen molar-refractivity contribution in [2.45, 2.75) is 0 Å². The SMILES string of the molecule is O=c1c(N=Nc2nccs2)c(-c2ccco2)[nH]n1-c1nc(-c2ccccc2)cs1. The van der Waals surface area contributed by atoms with Gasteiger partial charge in [-0.25, -0.2) is 9.97 Å². The maximum atomic E-state index is 13.1. The first-order chi connectivity index (χ1) is 14.3. The van der Waals surface area contributed by atoms with Crippen molar-refractivity contribution in [3.05, 3.63) is 76.0 Å². The third kappa shape index (κ3) is 3.35. The average molecular weight is 420 g/mol. The molecular weight excluding hydrogens is 408 g/mol. The molecule has 4 heterocycles. The molecule has 0 saturated carbocycles. The molecule has 0 aliphatic carbocycles. The highest BCUT2D eigenvalue weighted by atomic mass is 32.1. The molecule has 0 unspecified atom stereocenters. The zero-order chi connectivity index (χ0) is 19.6. The smallest absolute Gasteiger partial charge is 0.301 e. The summed E-state index contributed by atoms with van der Waals surface area (Å²) in [4.78, 5) is 21.7. The molecule has 0 aliphatic rings. The fourth-order valence-electron chi connectivity index (χ4n) is 2.71. The molecule has 8 nitrogen and oxygen atoms in total. The summed E-state index contributed by atoms with van der Waals surface area (Å²) in [5, 5.41) is 15.9. The van der Waals surface area contributed by atoms with Crippen molar-refractivity contribution >= 4 is 33.5 Å². The molecule has 1 N–H and O–H groups in total. The number of nitrogens with one attached hydrogen (secondary N) is 1. The molecule has 142 valence electrons. The number of thiazole rings is 2. The average Bonchev–Trinajstić information content (AvgIpc) is 3.54. The topological polar surface area (TPSA) is 101 Å². The van der Waals surface area contributed by atoms with Crippen LogP contribution in [0.2, 0.25) is 0 Å². The number of furan rings is 1. The van der Waals surface area contributed by atoms with E-state index in [1.165, 1.54) is 33.6 Å². The highest BCUT2D eigenvalue weighted by molar-refractivity contribution is 7.13. The third-order valence-corrected chi connectivity index (χ3v) is 5.52. The normalized spacial score (nSPS) is 11.4. The van der Waals surface area contributed by atoms with E-state index in [-0.39, 0.29) is 11.2 Å². The second kappa shape index (κ2) is 7.41. The minimum Gasteiger partial charge on any atom is -0.463 e. The van der Waals surface area contributed by atoms with Gasteiger partial charge < -0.3 is 4.42 Å². The number of benzene rings is 1. The third-order valence-electron chi connectivity index (χ3n) is 4.04. The largest absolute Gasteiger partial charge is 0.463 e. The summed E-state index contributed by atoms with van der Waals surface area (Å²) in [6.45, 7) is 0. The summed E-state index contributed by atoms with van der Waals surface area (Å²) in [5.74, 6) is 0.480. The molecule has 0 aliphatic heterocycles. The van der Waals surface area contributed by atoms with Gasteiger partial charge >= 0.3 is 5.56 Å². The van der Waals surface area contributed by atoms with E-state index in [9.17, 15) is 4.79 Å². The Kier molecular flexibility index (Phi) is 4.47. The number of rotatable bonds is 5. The molecule has 1 aromatic carbocycles. The molecule has 0 saturated heterocycles. The molecule has 10 heteroatoms. The summed E-state index contributed by atoms with van der Waals surface area (Å²) in [6.07, 6.45) is 3.16. The van der Waals surface area contributed by atoms with Gasteiger partial charge in [0.05, 0.1) is 12.0 Å². The number of hydrogen-bond donors (Lipinski definition) is 1. The molecule has 0 bridgehead atoms. The van der Waals surface area contributed by atoms with Gasteiger partial charge in [-0.3, -0.25) is 9.89 Å². The predicted molar refractivity (Wildman–Crippen MR) is 111 cm³/mol. The van der Waals surface area contributed by atoms with Gasteiger partial charge in [-0.2, -0.15) is 4.68 Å². The Bertz CT molecular complexity index is 1310. The van der Waals surface area contributed by atoms with Gasteiger partial charge in [0.15, 0.2) is 11.4 Å². The van der Waals surface area contributed by atoms with E-state index in [1.807, 2.05) is 35.7 Å². The van der Waals surface area contributed by atoms with Crippen molar-refractivity contribution in [2.75, 3.05) is 0 Å². The fraction of sp³-hybridized carbons (Fsp3) is 0. The predicted octanol–water partition coefficient (Wildman–Crippen LogP) is 5.42. The van der Waals surface area contributed by atoms with Crippen molar-refractivity contribution in [3.63, 3.8) is 0 Å². The van der Waals surface area contributed by atoms with Gasteiger partial charge in [0.1, 0.15) is 5.69 Å². The lowest BCUT2D eigenvalue weighted by molar-refractivity contribution is 0.579. The number of aromatic nitrogens is 4. The molecule has 0 radical (unpaired) electrons. The molecule has 0 fully saturated rings. The number of nitrogens with zero attached hydrogens (tertiary/aromatic N) is 5. The Morgan fingerprint density at radius 2 is 1.97 bits per heavy atom. The van der Waals surface area contributed by atoms with Crippen LogP contribution in [0.5, 0.6) is 0 Å². The van der Waals surface area contributed by atoms with Crippen LogP contribution >= 0.6 is 22.7 Å². The summed E-state index contributed by atoms with van der Waals surface area (Å²) in [5.41, 5.74) is 1.95. The van der Waals surface area contributed by atoms with E-state index in [1.54, 1.807) is 23.7 Å². The Balaban J connectivity index is 1.60. The molecule has 5 rings (SSSR count). The van der Waals surface area contributed by atoms with Crippen molar-refractivity contribution in [1.82, 2.24) is 19.7 Å². The molecular formula is C19H12N6O2S2. The monoisotopic (exact) mass is 420 g/mol. The second-order valence-electron chi connectivity index (χ2n) is 5.85. The maximum Gasteiger partial charge on any atom is 0.301 e. The Morgan fingerprint density at radius 1 is 1.07 bits per heavy atom. The van der Waals surface area contributed by atoms with Crippen LogP contribution in [-0.2, 0) is 0 Å². The van der Waals surface area contributed by atoms with Crippen LogP contribution in [0.15, 0.2) is 85.1 Å². The summed E-state index contributed by atoms with van der Waals surface area (Å²) >= 11 is 2.69. The van der Waals surface area contributed by atoms with Gasteiger partial charge in [0, 0.05) is 22.5 Å². The van der Waals surface area contributed by atoms with Crippen molar-refractivity contribution in [1.29, 1.82) is 0 Å². The summed E-state index contributed by atoms with van der Waals surface area (Å²) in [6, 6.07) is 13.3. The van der Waals surface area contributed by atoms with Crippen LogP contribution in [0.4, 0.5) is 10.8 Å². The Labute approximate surface area is 171 Å². The van der Waals surface area contributed by atoms with Gasteiger partial charge in [-0.15, -0.1) is 32.9 Å². The standard InChI is InChI=1S/C19H12N6O2S2/c26-17-16(22-23-18-20-8-10-28-18)15(14-7-4-9-27-14)24-25(17)19-21-13(11-29-19)12-5-2-1-3-6-12/h1-11,24H. The lowest BCUT2D eigenvalue weighted by Crippen LogP contribution is -2.13. The Morgan fingerprint density at radius 3 is 2.72 bits per heavy atom. The number of hydrogen-bond acceptors (Lipinski definition) is 8. The first-order valence-electron chi connectivity index (χ1n) is 8.51. The molecule has 4 aromatic heterocycles. The molecule has 5 aromatic rings. The van der Waals surface area contributed by atoms with Crippen LogP contribution in [-0.4, -0.2) is 19.7 Å². The van der Waals surface area contributed by atoms with Gasteiger partial charge in [0.25, 0.3) is 0 Å². The van der Waals surface area contributed by atoms with Gasteiger partial charge in [-0.05, 0) is 12.1 Å². The van der Waals surface area contributed by atoms with Crippen molar-refractivity contribution in [2.24, 2.45) is 10.2 Å². The number of azo groups is 1. The van der Waals surface area contributed by atoms with E-state index in [0.29, 0.717) is 21.7 Å². The van der Waals surface area contributed by atoms with Crippen molar-refractivity contribution in [3.8, 4) is 27.8 Å². The van der Waals surface area contributed by atoms with Gasteiger partial charge in [-0.1, -0.05) is 30.3 Å². The Hall–Kier alpha value is -3.63. The van der Waals surface area contributed by atoms with Crippen LogP contribution in [0.1, 0.15) is 0 Å². The zero-order valence-electron chi connectivity index (χ0n) is 14.7. The molecule has 29 heavy (non-hydrogen) atoms. The molecule has 0 spiro atoms. The minimum atomic E-state index is -0.370. The number of aromatic amines is 1. The lowest BCUT2D eigenvalue weighted by Gasteiger charge is -1.96. The highest BCUT2D eigenvalue weighted by Crippen LogP contribution is 2.30. The first-order valence-corrected chi connectivity index (χ1v) is 10.3. The van der Waals surface area contributed by atoms with Crippen LogP contribution in [0.3, 0.4) is 0 Å². The summed E-state index contributed by atoms with van der Waals surface area (Å²) < 4.78 is 6.81. The quantitative estimate of drug-likeness (QED) is 0.383. The zero-order valence-corrected chi connectivity index (χ0v) is 16.4. The van der Waals surface area contributed by atoms with Crippen LogP contribution < -0.4 is 5.56 Å².